The average molecular weight is 387 g/mol. The van der Waals surface area contributed by atoms with Crippen molar-refractivity contribution in [3.63, 3.8) is 0 Å². The van der Waals surface area contributed by atoms with Gasteiger partial charge < -0.3 is 5.11 Å². The van der Waals surface area contributed by atoms with E-state index < -0.39 is 16.1 Å². The summed E-state index contributed by atoms with van der Waals surface area (Å²) in [5.41, 5.74) is 0.825. The van der Waals surface area contributed by atoms with Crippen molar-refractivity contribution >= 4 is 41.9 Å². The molecule has 1 aromatic rings. The molecule has 7 heteroatoms. The van der Waals surface area contributed by atoms with Crippen LogP contribution in [0, 0.1) is 6.92 Å². The number of aryl methyl sites for hydroxylation is 1. The molecule has 0 spiro atoms. The molecule has 17 heavy (non-hydrogen) atoms. The molecule has 1 unspecified atom stereocenters. The van der Waals surface area contributed by atoms with Gasteiger partial charge in [-0.25, -0.2) is 13.1 Å². The van der Waals surface area contributed by atoms with E-state index in [1.165, 1.54) is 6.92 Å². The zero-order valence-corrected chi connectivity index (χ0v) is 13.4. The van der Waals surface area contributed by atoms with E-state index in [0.717, 1.165) is 10.0 Å². The first-order chi connectivity index (χ1) is 7.74. The molecule has 0 aliphatic rings. The molecule has 0 bridgehead atoms. The zero-order chi connectivity index (χ0) is 13.2. The quantitative estimate of drug-likeness (QED) is 0.833. The lowest BCUT2D eigenvalue weighted by Crippen LogP contribution is -2.30. The summed E-state index contributed by atoms with van der Waals surface area (Å²) >= 11 is 6.54. The molecule has 0 saturated heterocycles. The fraction of sp³-hybridized carbons (Fsp3) is 0.400. The lowest BCUT2D eigenvalue weighted by atomic mass is 10.2. The Morgan fingerprint density at radius 2 is 1.94 bits per heavy atom. The van der Waals surface area contributed by atoms with Gasteiger partial charge in [-0.1, -0.05) is 15.9 Å². The number of halogens is 2. The molecule has 0 fully saturated rings. The van der Waals surface area contributed by atoms with E-state index in [4.69, 9.17) is 5.11 Å². The summed E-state index contributed by atoms with van der Waals surface area (Å²) in [4.78, 5) is 0.166. The molecule has 96 valence electrons. The summed E-state index contributed by atoms with van der Waals surface area (Å²) in [6.07, 6.45) is -0.722. The normalized spacial score (nSPS) is 13.7. The first kappa shape index (κ1) is 15.1. The van der Waals surface area contributed by atoms with Gasteiger partial charge in [-0.15, -0.1) is 0 Å². The van der Waals surface area contributed by atoms with Crippen LogP contribution in [-0.2, 0) is 10.0 Å². The Bertz CT molecular complexity index is 515. The molecule has 0 saturated carbocycles. The number of hydrogen-bond donors (Lipinski definition) is 2. The van der Waals surface area contributed by atoms with Crippen molar-refractivity contribution < 1.29 is 13.5 Å². The van der Waals surface area contributed by atoms with Gasteiger partial charge in [0.1, 0.15) is 0 Å². The van der Waals surface area contributed by atoms with Crippen LogP contribution in [0.15, 0.2) is 26.0 Å². The van der Waals surface area contributed by atoms with Gasteiger partial charge in [0.25, 0.3) is 0 Å². The number of aliphatic hydroxyl groups is 1. The minimum absolute atomic E-state index is 0.0100. The third-order valence-electron chi connectivity index (χ3n) is 2.07. The van der Waals surface area contributed by atoms with Crippen molar-refractivity contribution in [1.29, 1.82) is 0 Å². The maximum Gasteiger partial charge on any atom is 0.241 e. The number of sulfonamides is 1. The maximum atomic E-state index is 12.0. The third-order valence-corrected chi connectivity index (χ3v) is 5.31. The summed E-state index contributed by atoms with van der Waals surface area (Å²) in [6.45, 7) is 3.32. The van der Waals surface area contributed by atoms with Crippen molar-refractivity contribution in [3.05, 3.63) is 26.6 Å². The summed E-state index contributed by atoms with van der Waals surface area (Å²) < 4.78 is 27.6. The molecular weight excluding hydrogens is 374 g/mol. The van der Waals surface area contributed by atoms with Gasteiger partial charge in [0.2, 0.25) is 10.0 Å². The fourth-order valence-corrected chi connectivity index (χ4v) is 4.04. The monoisotopic (exact) mass is 385 g/mol. The molecule has 0 aliphatic heterocycles. The number of rotatable bonds is 4. The van der Waals surface area contributed by atoms with Crippen molar-refractivity contribution in [2.45, 2.75) is 24.8 Å². The van der Waals surface area contributed by atoms with Crippen LogP contribution >= 0.6 is 31.9 Å². The van der Waals surface area contributed by atoms with E-state index in [2.05, 4.69) is 36.6 Å². The largest absolute Gasteiger partial charge is 0.392 e. The highest BCUT2D eigenvalue weighted by Crippen LogP contribution is 2.28. The van der Waals surface area contributed by atoms with Gasteiger partial charge in [-0.2, -0.15) is 0 Å². The number of aliphatic hydroxyl groups excluding tert-OH is 1. The van der Waals surface area contributed by atoms with E-state index in [1.54, 1.807) is 12.1 Å². The fourth-order valence-electron chi connectivity index (χ4n) is 1.14. The molecule has 0 heterocycles. The van der Waals surface area contributed by atoms with Gasteiger partial charge in [-0.3, -0.25) is 0 Å². The Kier molecular flexibility index (Phi) is 5.15. The van der Waals surface area contributed by atoms with Crippen LogP contribution in [0.25, 0.3) is 0 Å². The highest BCUT2D eigenvalue weighted by atomic mass is 79.9. The van der Waals surface area contributed by atoms with Gasteiger partial charge in [-0.05, 0) is 47.5 Å². The van der Waals surface area contributed by atoms with E-state index in [-0.39, 0.29) is 11.4 Å². The van der Waals surface area contributed by atoms with Gasteiger partial charge in [0.15, 0.2) is 0 Å². The number of nitrogens with one attached hydrogen (secondary N) is 1. The predicted molar refractivity (Wildman–Crippen MR) is 73.4 cm³/mol. The Morgan fingerprint density at radius 3 is 2.47 bits per heavy atom. The zero-order valence-electron chi connectivity index (χ0n) is 9.37. The number of hydrogen-bond acceptors (Lipinski definition) is 3. The van der Waals surface area contributed by atoms with Crippen LogP contribution in [0.1, 0.15) is 12.5 Å². The Labute approximate surface area is 118 Å². The molecule has 0 radical (unpaired) electrons. The molecule has 1 aromatic carbocycles. The van der Waals surface area contributed by atoms with Gasteiger partial charge >= 0.3 is 0 Å². The van der Waals surface area contributed by atoms with E-state index in [1.807, 2.05) is 6.92 Å². The molecule has 0 amide bonds. The molecule has 1 atom stereocenters. The van der Waals surface area contributed by atoms with Crippen molar-refractivity contribution in [2.24, 2.45) is 0 Å². The molecular formula is C10H13Br2NO3S. The van der Waals surface area contributed by atoms with Crippen LogP contribution in [0.4, 0.5) is 0 Å². The van der Waals surface area contributed by atoms with E-state index in [9.17, 15) is 8.42 Å². The summed E-state index contributed by atoms with van der Waals surface area (Å²) in [5, 5.41) is 9.08. The Morgan fingerprint density at radius 1 is 1.35 bits per heavy atom. The lowest BCUT2D eigenvalue weighted by Gasteiger charge is -2.11. The maximum absolute atomic E-state index is 12.0. The smallest absolute Gasteiger partial charge is 0.241 e. The topological polar surface area (TPSA) is 66.4 Å². The second-order valence-corrected chi connectivity index (χ2v) is 7.18. The average Bonchev–Trinajstić information content (AvgIpc) is 2.20. The van der Waals surface area contributed by atoms with Crippen LogP contribution in [0.3, 0.4) is 0 Å². The first-order valence-corrected chi connectivity index (χ1v) is 7.94. The molecule has 2 N–H and O–H groups in total. The predicted octanol–water partition coefficient (Wildman–Crippen LogP) is 2.18. The second-order valence-electron chi connectivity index (χ2n) is 3.73. The van der Waals surface area contributed by atoms with Crippen LogP contribution in [-0.4, -0.2) is 26.2 Å². The van der Waals surface area contributed by atoms with Gasteiger partial charge in [0.05, 0.1) is 11.0 Å². The summed E-state index contributed by atoms with van der Waals surface area (Å²) in [5.74, 6) is 0. The Balaban J connectivity index is 3.11. The lowest BCUT2D eigenvalue weighted by molar-refractivity contribution is 0.198. The van der Waals surface area contributed by atoms with E-state index in [0.29, 0.717) is 4.47 Å². The molecule has 4 nitrogen and oxygen atoms in total. The highest BCUT2D eigenvalue weighted by molar-refractivity contribution is 9.11. The highest BCUT2D eigenvalue weighted by Gasteiger charge is 2.19. The van der Waals surface area contributed by atoms with Crippen LogP contribution in [0.2, 0.25) is 0 Å². The van der Waals surface area contributed by atoms with Crippen LogP contribution < -0.4 is 4.72 Å². The minimum atomic E-state index is -3.60. The van der Waals surface area contributed by atoms with Crippen LogP contribution in [0.5, 0.6) is 0 Å². The third kappa shape index (κ3) is 4.03. The second kappa shape index (κ2) is 5.79. The van der Waals surface area contributed by atoms with Crippen molar-refractivity contribution in [1.82, 2.24) is 4.72 Å². The van der Waals surface area contributed by atoms with Crippen molar-refractivity contribution in [2.75, 3.05) is 6.54 Å². The summed E-state index contributed by atoms with van der Waals surface area (Å²) in [7, 11) is -3.60. The minimum Gasteiger partial charge on any atom is -0.392 e. The Hall–Kier alpha value is 0.0500. The van der Waals surface area contributed by atoms with E-state index >= 15 is 0 Å². The molecule has 1 rings (SSSR count). The van der Waals surface area contributed by atoms with Crippen molar-refractivity contribution in [3.8, 4) is 0 Å². The summed E-state index contributed by atoms with van der Waals surface area (Å²) in [6, 6.07) is 3.25. The first-order valence-electron chi connectivity index (χ1n) is 4.87. The standard InChI is InChI=1S/C10H13Br2NO3S/c1-6-3-10(9(12)4-8(6)11)17(15,16)13-5-7(2)14/h3-4,7,13-14H,5H2,1-2H3. The van der Waals surface area contributed by atoms with Gasteiger partial charge in [0, 0.05) is 15.5 Å². The molecule has 0 aliphatic carbocycles. The number of benzene rings is 1. The molecule has 0 aromatic heterocycles. The SMILES string of the molecule is Cc1cc(S(=O)(=O)NCC(C)O)c(Br)cc1Br.